The van der Waals surface area contributed by atoms with Crippen LogP contribution in [0.4, 0.5) is 87.8 Å². The van der Waals surface area contributed by atoms with Crippen molar-refractivity contribution in [2.24, 2.45) is 0 Å². The molecule has 0 aromatic heterocycles. The monoisotopic (exact) mass is 1030 g/mol. The number of benzene rings is 9. The van der Waals surface area contributed by atoms with E-state index < -0.39 is 144 Å². The summed E-state index contributed by atoms with van der Waals surface area (Å²) in [4.78, 5) is 0. The van der Waals surface area contributed by atoms with Crippen molar-refractivity contribution in [1.29, 1.82) is 0 Å². The molecular formula is C49H21BF20S. The molecule has 0 atom stereocenters. The van der Waals surface area contributed by atoms with E-state index in [0.717, 1.165) is 5.75 Å². The van der Waals surface area contributed by atoms with Crippen LogP contribution in [0.2, 0.25) is 0 Å². The zero-order chi connectivity index (χ0) is 52.0. The Kier molecular flexibility index (Phi) is 13.0. The molecule has 0 aliphatic heterocycles. The van der Waals surface area contributed by atoms with Crippen molar-refractivity contribution >= 4 is 82.0 Å². The van der Waals surface area contributed by atoms with Crippen LogP contribution >= 0.6 is 0 Å². The molecule has 0 spiro atoms. The molecule has 0 heterocycles. The van der Waals surface area contributed by atoms with E-state index in [1.807, 2.05) is 0 Å². The van der Waals surface area contributed by atoms with Crippen LogP contribution in [0.25, 0.3) is 43.1 Å². The van der Waals surface area contributed by atoms with E-state index in [2.05, 4.69) is 91.4 Å². The average molecular weight is 1030 g/mol. The maximum Gasteiger partial charge on any atom is 0.200 e. The predicted molar refractivity (Wildman–Crippen MR) is 229 cm³/mol. The van der Waals surface area contributed by atoms with Gasteiger partial charge in [-0.1, -0.05) is 48.5 Å². The van der Waals surface area contributed by atoms with E-state index in [1.54, 1.807) is 0 Å². The van der Waals surface area contributed by atoms with Crippen LogP contribution in [-0.4, -0.2) is 18.7 Å². The van der Waals surface area contributed by atoms with Gasteiger partial charge < -0.3 is 0 Å². The summed E-state index contributed by atoms with van der Waals surface area (Å²) in [7, 11) is 0.354. The Bertz CT molecular complexity index is 3250. The van der Waals surface area contributed by atoms with E-state index in [4.69, 9.17) is 0 Å². The number of halogens is 20. The van der Waals surface area contributed by atoms with Gasteiger partial charge in [0.2, 0.25) is 0 Å². The SMILES string of the molecule is C[S+](C)Cc1c2cc3ccccc3cc2cc2cc3ccccc3cc12.Fc1c(F)c(F)c([B-](c2c(F)c(F)c(F)c(F)c2F)(c2c(F)c(F)c(F)c(F)c2F)c2c(F)c(F)c(F)c(F)c2F)c(F)c1F. The van der Waals surface area contributed by atoms with Crippen molar-refractivity contribution < 1.29 is 87.8 Å². The Morgan fingerprint density at radius 2 is 0.479 bits per heavy atom. The van der Waals surface area contributed by atoms with Crippen molar-refractivity contribution in [3.63, 3.8) is 0 Å². The number of fused-ring (bicyclic) bond motifs is 4. The van der Waals surface area contributed by atoms with Crippen LogP contribution in [0.5, 0.6) is 0 Å². The summed E-state index contributed by atoms with van der Waals surface area (Å²) in [5, 5.41) is 10.8. The van der Waals surface area contributed by atoms with Crippen LogP contribution in [0.3, 0.4) is 0 Å². The lowest BCUT2D eigenvalue weighted by atomic mass is 9.12. The molecule has 0 saturated carbocycles. The molecule has 9 rings (SSSR count). The molecule has 0 saturated heterocycles. The summed E-state index contributed by atoms with van der Waals surface area (Å²) >= 11 is 0. The van der Waals surface area contributed by atoms with Gasteiger partial charge in [-0.15, -0.1) is 21.9 Å². The van der Waals surface area contributed by atoms with Crippen LogP contribution in [0.15, 0.2) is 78.9 Å². The molecule has 0 bridgehead atoms. The van der Waals surface area contributed by atoms with Gasteiger partial charge in [0.05, 0.1) is 12.5 Å². The molecule has 71 heavy (non-hydrogen) atoms. The molecular weight excluding hydrogens is 1010 g/mol. The molecule has 9 aromatic rings. The van der Waals surface area contributed by atoms with Crippen LogP contribution in [0.1, 0.15) is 5.56 Å². The van der Waals surface area contributed by atoms with Gasteiger partial charge >= 0.3 is 0 Å². The predicted octanol–water partition coefficient (Wildman–Crippen LogP) is 12.5. The lowest BCUT2D eigenvalue weighted by Gasteiger charge is -2.44. The lowest BCUT2D eigenvalue weighted by Crippen LogP contribution is -2.81. The van der Waals surface area contributed by atoms with Crippen LogP contribution in [-0.2, 0) is 16.6 Å². The first-order valence-electron chi connectivity index (χ1n) is 19.9. The third-order valence-electron chi connectivity index (χ3n) is 11.9. The minimum absolute atomic E-state index is 0.354. The summed E-state index contributed by atoms with van der Waals surface area (Å²) in [6.45, 7) is 0. The molecule has 0 aliphatic carbocycles. The fourth-order valence-electron chi connectivity index (χ4n) is 8.91. The highest BCUT2D eigenvalue weighted by atomic mass is 32.2. The highest BCUT2D eigenvalue weighted by Crippen LogP contribution is 2.36. The van der Waals surface area contributed by atoms with Gasteiger partial charge in [0, 0.05) is 5.56 Å². The minimum Gasteiger partial charge on any atom is -0.207 e. The molecule has 0 radical (unpaired) electrons. The van der Waals surface area contributed by atoms with E-state index in [0.29, 0.717) is 10.9 Å². The van der Waals surface area contributed by atoms with Gasteiger partial charge in [-0.05, 0) is 84.3 Å². The quantitative estimate of drug-likeness (QED) is 0.0389. The van der Waals surface area contributed by atoms with Gasteiger partial charge in [-0.25, -0.2) is 87.8 Å². The highest BCUT2D eigenvalue weighted by Gasteiger charge is 2.52. The summed E-state index contributed by atoms with van der Waals surface area (Å²) in [6, 6.07) is 29.2. The van der Waals surface area contributed by atoms with E-state index in [-0.39, 0.29) is 0 Å². The van der Waals surface area contributed by atoms with Gasteiger partial charge in [0.15, 0.2) is 69.8 Å². The average Bonchev–Trinajstić information content (AvgIpc) is 3.35. The van der Waals surface area contributed by atoms with Crippen LogP contribution < -0.4 is 21.9 Å². The summed E-state index contributed by atoms with van der Waals surface area (Å²) in [6.07, 6.45) is -2.54. The van der Waals surface area contributed by atoms with E-state index in [9.17, 15) is 52.7 Å². The molecule has 9 aromatic carbocycles. The first-order chi connectivity index (χ1) is 33.4. The molecule has 0 aliphatic rings. The first-order valence-corrected chi connectivity index (χ1v) is 22.1. The molecule has 0 unspecified atom stereocenters. The second-order valence-corrected chi connectivity index (χ2v) is 18.4. The van der Waals surface area contributed by atoms with Crippen molar-refractivity contribution in [1.82, 2.24) is 0 Å². The summed E-state index contributed by atoms with van der Waals surface area (Å²) < 4.78 is 294. The van der Waals surface area contributed by atoms with Gasteiger partial charge in [-0.2, -0.15) is 0 Å². The lowest BCUT2D eigenvalue weighted by molar-refractivity contribution is 0.378. The summed E-state index contributed by atoms with van der Waals surface area (Å²) in [5.74, 6) is -70.3. The van der Waals surface area contributed by atoms with E-state index >= 15 is 35.1 Å². The van der Waals surface area contributed by atoms with Gasteiger partial charge in [0.1, 0.15) is 58.4 Å². The maximum atomic E-state index is 15.4. The largest absolute Gasteiger partial charge is 0.207 e. The van der Waals surface area contributed by atoms with Gasteiger partial charge in [0.25, 0.3) is 0 Å². The second-order valence-electron chi connectivity index (χ2n) is 16.1. The molecule has 366 valence electrons. The third kappa shape index (κ3) is 7.66. The van der Waals surface area contributed by atoms with E-state index in [1.165, 1.54) is 48.7 Å². The van der Waals surface area contributed by atoms with Crippen molar-refractivity contribution in [3.05, 3.63) is 201 Å². The number of rotatable bonds is 6. The van der Waals surface area contributed by atoms with Crippen molar-refractivity contribution in [2.75, 3.05) is 12.5 Å². The maximum absolute atomic E-state index is 15.4. The normalized spacial score (nSPS) is 12.0. The Labute approximate surface area is 388 Å². The third-order valence-corrected chi connectivity index (χ3v) is 12.8. The first kappa shape index (κ1) is 50.4. The molecule has 0 fully saturated rings. The zero-order valence-corrected chi connectivity index (χ0v) is 36.1. The van der Waals surface area contributed by atoms with Gasteiger partial charge in [-0.3, -0.25) is 0 Å². The fraction of sp³-hybridized carbons (Fsp3) is 0.0612. The Hall–Kier alpha value is -6.97. The van der Waals surface area contributed by atoms with Crippen molar-refractivity contribution in [3.8, 4) is 0 Å². The zero-order valence-electron chi connectivity index (χ0n) is 35.3. The number of hydrogen-bond donors (Lipinski definition) is 0. The summed E-state index contributed by atoms with van der Waals surface area (Å²) in [5.41, 5.74) is -12.8. The minimum atomic E-state index is -7.22. The highest BCUT2D eigenvalue weighted by molar-refractivity contribution is 7.94. The molecule has 0 N–H and O–H groups in total. The molecule has 22 heteroatoms. The number of hydrogen-bond acceptors (Lipinski definition) is 0. The molecule has 0 nitrogen and oxygen atoms in total. The molecule has 0 amide bonds. The Balaban J connectivity index is 0.000000218. The Morgan fingerprint density at radius 1 is 0.282 bits per heavy atom. The fourth-order valence-corrected chi connectivity index (χ4v) is 9.80. The standard InChI is InChI=1S/C25H21S.C24BF20/c1-26(2)16-25-23-14-19-9-5-3-7-17(19)11-21(23)13-22-12-18-8-4-6-10-20(18)15-24(22)25;26-5-1(6(27)14(35)21(42)13(5)34)25(2-7(28)15(36)22(43)16(37)8(2)29,3-9(30)17(38)23(44)18(39)10(3)31)4-11(32)19(40)24(45)20(41)12(4)33/h3-15H,16H2,1-2H3;/q+1;-1. The van der Waals surface area contributed by atoms with Crippen LogP contribution in [0, 0.1) is 116 Å². The smallest absolute Gasteiger partial charge is 0.200 e. The Morgan fingerprint density at radius 3 is 0.704 bits per heavy atom. The second kappa shape index (κ2) is 18.3. The van der Waals surface area contributed by atoms with Crippen molar-refractivity contribution in [2.45, 2.75) is 5.75 Å². The topological polar surface area (TPSA) is 0 Å².